The van der Waals surface area contributed by atoms with Crippen LogP contribution in [-0.4, -0.2) is 73.0 Å². The maximum atomic E-state index is 14.8. The Balaban J connectivity index is 1.52. The van der Waals surface area contributed by atoms with Gasteiger partial charge >= 0.3 is 0 Å². The van der Waals surface area contributed by atoms with Crippen molar-refractivity contribution < 1.29 is 37.8 Å². The number of nitrogens with zero attached hydrogens (tertiary/aromatic N) is 1. The van der Waals surface area contributed by atoms with Crippen molar-refractivity contribution in [2.24, 2.45) is 5.92 Å². The summed E-state index contributed by atoms with van der Waals surface area (Å²) in [7, 11) is 0. The molecule has 0 fully saturated rings. The first-order valence-corrected chi connectivity index (χ1v) is 16.6. The van der Waals surface area contributed by atoms with E-state index < -0.39 is 48.1 Å². The predicted molar refractivity (Wildman–Crippen MR) is 182 cm³/mol. The molecule has 3 atom stereocenters. The number of hydrogen-bond acceptors (Lipinski definition) is 7. The molecule has 1 aliphatic rings. The Labute approximate surface area is 290 Å². The van der Waals surface area contributed by atoms with Crippen LogP contribution in [0.4, 0.5) is 4.39 Å². The van der Waals surface area contributed by atoms with Crippen LogP contribution in [0.2, 0.25) is 5.02 Å². The topological polar surface area (TPSA) is 135 Å². The van der Waals surface area contributed by atoms with Gasteiger partial charge in [-0.15, -0.1) is 0 Å². The molecule has 0 saturated carbocycles. The molecule has 13 heteroatoms. The molecule has 0 unspecified atom stereocenters. The normalized spacial score (nSPS) is 17.9. The number of para-hydroxylation sites is 2. The molecular weight excluding hydrogens is 655 g/mol. The van der Waals surface area contributed by atoms with Gasteiger partial charge in [-0.05, 0) is 74.7 Å². The first-order valence-electron chi connectivity index (χ1n) is 16.2. The third-order valence-electron chi connectivity index (χ3n) is 7.63. The van der Waals surface area contributed by atoms with Crippen molar-refractivity contribution in [1.82, 2.24) is 20.9 Å². The Morgan fingerprint density at radius 1 is 1.04 bits per heavy atom. The van der Waals surface area contributed by atoms with Gasteiger partial charge in [0.1, 0.15) is 36.8 Å². The summed E-state index contributed by atoms with van der Waals surface area (Å²) in [6.45, 7) is 7.92. The minimum atomic E-state index is -1.33. The number of benzene rings is 3. The molecular formula is C36H42ClFN4O7. The van der Waals surface area contributed by atoms with E-state index in [2.05, 4.69) is 16.0 Å². The third kappa shape index (κ3) is 10.6. The van der Waals surface area contributed by atoms with Crippen LogP contribution in [0.15, 0.2) is 66.7 Å². The van der Waals surface area contributed by atoms with Crippen LogP contribution in [0.1, 0.15) is 50.9 Å². The van der Waals surface area contributed by atoms with Crippen LogP contribution < -0.4 is 30.2 Å². The molecule has 0 radical (unpaired) electrons. The molecule has 0 spiro atoms. The molecule has 4 rings (SSSR count). The third-order valence-corrected chi connectivity index (χ3v) is 7.89. The summed E-state index contributed by atoms with van der Waals surface area (Å²) >= 11 is 5.95. The highest BCUT2D eigenvalue weighted by atomic mass is 35.5. The summed E-state index contributed by atoms with van der Waals surface area (Å²) in [5.74, 6) is -2.11. The number of nitrogens with one attached hydrogen (secondary N) is 3. The molecule has 0 saturated heterocycles. The number of ether oxygens (including phenoxy) is 3. The van der Waals surface area contributed by atoms with Gasteiger partial charge in [0, 0.05) is 11.6 Å². The number of fused-ring (bicyclic) bond motifs is 1. The number of halogens is 2. The zero-order chi connectivity index (χ0) is 35.5. The van der Waals surface area contributed by atoms with E-state index in [1.165, 1.54) is 18.2 Å². The van der Waals surface area contributed by atoms with Gasteiger partial charge in [0.05, 0.1) is 24.6 Å². The second-order valence-electron chi connectivity index (χ2n) is 12.1. The Morgan fingerprint density at radius 2 is 1.78 bits per heavy atom. The summed E-state index contributed by atoms with van der Waals surface area (Å²) in [6.07, 6.45) is -0.0727. The Morgan fingerprint density at radius 3 is 2.49 bits per heavy atom. The van der Waals surface area contributed by atoms with Crippen molar-refractivity contribution in [1.29, 1.82) is 0 Å². The zero-order valence-corrected chi connectivity index (χ0v) is 28.7. The lowest BCUT2D eigenvalue weighted by Crippen LogP contribution is -2.54. The van der Waals surface area contributed by atoms with E-state index in [-0.39, 0.29) is 54.4 Å². The van der Waals surface area contributed by atoms with Crippen molar-refractivity contribution in [3.8, 4) is 23.0 Å². The maximum absolute atomic E-state index is 14.8. The highest BCUT2D eigenvalue weighted by Gasteiger charge is 2.31. The second kappa shape index (κ2) is 17.5. The van der Waals surface area contributed by atoms with Crippen molar-refractivity contribution in [3.63, 3.8) is 0 Å². The van der Waals surface area contributed by atoms with Crippen molar-refractivity contribution in [3.05, 3.63) is 83.1 Å². The van der Waals surface area contributed by atoms with Gasteiger partial charge < -0.3 is 35.1 Å². The summed E-state index contributed by atoms with van der Waals surface area (Å²) in [5, 5.41) is 8.69. The largest absolute Gasteiger partial charge is 0.491 e. The lowest BCUT2D eigenvalue weighted by atomic mass is 10.0. The van der Waals surface area contributed by atoms with Gasteiger partial charge in [-0.2, -0.15) is 0 Å². The standard InChI is InChI=1S/C36H42ClFN4O7/c1-5-42-17-18-47-30-11-7-6-9-26(30)34(44)41-28(20-32(43)40-29(36(42)46)19-22(2)3)35(45)39-23(4)21-48-33-27(38)10-8-12-31(33)49-25-15-13-24(37)14-16-25/h6-16,22-23,28-29H,5,17-21H2,1-4H3,(H,39,45)(H,40,43)(H,41,44)/t23-,28+,29-/m1/s1. The Hall–Kier alpha value is -4.84. The number of amides is 4. The van der Waals surface area contributed by atoms with Gasteiger partial charge in [0.2, 0.25) is 17.7 Å². The van der Waals surface area contributed by atoms with E-state index in [0.717, 1.165) is 0 Å². The van der Waals surface area contributed by atoms with E-state index in [9.17, 15) is 23.6 Å². The minimum absolute atomic E-state index is 0.0844. The quantitative estimate of drug-likeness (QED) is 0.268. The summed E-state index contributed by atoms with van der Waals surface area (Å²) in [4.78, 5) is 55.5. The van der Waals surface area contributed by atoms with E-state index >= 15 is 0 Å². The molecule has 49 heavy (non-hydrogen) atoms. The maximum Gasteiger partial charge on any atom is 0.255 e. The molecule has 1 aliphatic heterocycles. The molecule has 0 aliphatic carbocycles. The van der Waals surface area contributed by atoms with Crippen LogP contribution in [0.25, 0.3) is 0 Å². The Kier molecular flexibility index (Phi) is 13.2. The second-order valence-corrected chi connectivity index (χ2v) is 12.5. The first-order chi connectivity index (χ1) is 23.4. The monoisotopic (exact) mass is 696 g/mol. The zero-order valence-electron chi connectivity index (χ0n) is 28.0. The summed E-state index contributed by atoms with van der Waals surface area (Å²) < 4.78 is 32.3. The molecule has 0 aromatic heterocycles. The number of likely N-dealkylation sites (N-methyl/N-ethyl adjacent to an activating group) is 1. The minimum Gasteiger partial charge on any atom is -0.491 e. The van der Waals surface area contributed by atoms with E-state index in [4.69, 9.17) is 25.8 Å². The molecule has 11 nitrogen and oxygen atoms in total. The van der Waals surface area contributed by atoms with Crippen LogP contribution in [0.5, 0.6) is 23.0 Å². The van der Waals surface area contributed by atoms with Gasteiger partial charge in [-0.25, -0.2) is 4.39 Å². The van der Waals surface area contributed by atoms with E-state index in [1.54, 1.807) is 60.4 Å². The van der Waals surface area contributed by atoms with Crippen LogP contribution >= 0.6 is 11.6 Å². The Bertz CT molecular complexity index is 1620. The molecule has 262 valence electrons. The fraction of sp³-hybridized carbons (Fsp3) is 0.389. The van der Waals surface area contributed by atoms with Crippen molar-refractivity contribution >= 4 is 35.2 Å². The summed E-state index contributed by atoms with van der Waals surface area (Å²) in [6, 6.07) is 14.4. The number of carbonyl (C=O) groups is 4. The number of rotatable bonds is 10. The van der Waals surface area contributed by atoms with Gasteiger partial charge in [-0.3, -0.25) is 19.2 Å². The molecule has 3 N–H and O–H groups in total. The first kappa shape index (κ1) is 37.0. The SMILES string of the molecule is CCN1CCOc2ccccc2C(=O)N[C@H](C(=O)N[C@H](C)COc2c(F)cccc2Oc2ccc(Cl)cc2)CC(=O)N[C@H](CC(C)C)C1=O. The van der Waals surface area contributed by atoms with Crippen molar-refractivity contribution in [2.45, 2.75) is 58.7 Å². The highest BCUT2D eigenvalue weighted by Crippen LogP contribution is 2.34. The average Bonchev–Trinajstić information content (AvgIpc) is 3.06. The van der Waals surface area contributed by atoms with Gasteiger partial charge in [0.25, 0.3) is 5.91 Å². The molecule has 3 aromatic carbocycles. The lowest BCUT2D eigenvalue weighted by molar-refractivity contribution is -0.137. The fourth-order valence-corrected chi connectivity index (χ4v) is 5.33. The number of hydrogen-bond donors (Lipinski definition) is 3. The predicted octanol–water partition coefficient (Wildman–Crippen LogP) is 5.12. The van der Waals surface area contributed by atoms with Gasteiger partial charge in [0.15, 0.2) is 17.3 Å². The number of carbonyl (C=O) groups excluding carboxylic acids is 4. The lowest BCUT2D eigenvalue weighted by Gasteiger charge is -2.29. The fourth-order valence-electron chi connectivity index (χ4n) is 5.20. The van der Waals surface area contributed by atoms with Gasteiger partial charge in [-0.1, -0.05) is 43.6 Å². The highest BCUT2D eigenvalue weighted by molar-refractivity contribution is 6.30. The van der Waals surface area contributed by atoms with E-state index in [1.807, 2.05) is 20.8 Å². The van der Waals surface area contributed by atoms with Crippen LogP contribution in [0.3, 0.4) is 0 Å². The van der Waals surface area contributed by atoms with Crippen molar-refractivity contribution in [2.75, 3.05) is 26.3 Å². The van der Waals surface area contributed by atoms with Crippen LogP contribution in [-0.2, 0) is 14.4 Å². The van der Waals surface area contributed by atoms with Crippen LogP contribution in [0, 0.1) is 11.7 Å². The molecule has 4 amide bonds. The molecule has 1 heterocycles. The van der Waals surface area contributed by atoms with E-state index in [0.29, 0.717) is 23.7 Å². The molecule has 0 bridgehead atoms. The average molecular weight is 697 g/mol. The molecule has 3 aromatic rings. The smallest absolute Gasteiger partial charge is 0.255 e. The summed E-state index contributed by atoms with van der Waals surface area (Å²) in [5.41, 5.74) is 0.161.